The Bertz CT molecular complexity index is 289. The molecule has 0 saturated carbocycles. The Balaban J connectivity index is 0. The average Bonchev–Trinajstić information content (AvgIpc) is 2.55. The number of hydrogen-bond acceptors (Lipinski definition) is 3. The van der Waals surface area contributed by atoms with Crippen LogP contribution in [0, 0.1) is 5.92 Å². The molecule has 0 aliphatic heterocycles. The first-order valence-corrected chi connectivity index (χ1v) is 9.91. The molecule has 0 bridgehead atoms. The lowest BCUT2D eigenvalue weighted by Crippen LogP contribution is -2.11. The Labute approximate surface area is 149 Å². The van der Waals surface area contributed by atoms with Crippen molar-refractivity contribution >= 4 is 11.9 Å². The third-order valence-electron chi connectivity index (χ3n) is 4.04. The molecule has 4 heteroatoms. The van der Waals surface area contributed by atoms with Crippen LogP contribution >= 0.6 is 0 Å². The summed E-state index contributed by atoms with van der Waals surface area (Å²) in [5.74, 6) is -0.794. The van der Waals surface area contributed by atoms with Crippen LogP contribution in [0.3, 0.4) is 0 Å². The molecule has 0 aliphatic rings. The van der Waals surface area contributed by atoms with Gasteiger partial charge in [0.2, 0.25) is 0 Å². The van der Waals surface area contributed by atoms with E-state index in [-0.39, 0.29) is 11.9 Å². The van der Waals surface area contributed by atoms with Gasteiger partial charge in [0, 0.05) is 6.42 Å². The van der Waals surface area contributed by atoms with Gasteiger partial charge in [-0.1, -0.05) is 72.1 Å². The molecule has 1 atom stereocenters. The standard InChI is InChI=1S/C12H24O2.C8H16O2/c1-3-5-6-7-8-9-10-11-12(13)14-4-2;1-3-5-6-7(4-2)8(9)10/h3-11H2,1-2H3;7H,3-6H2,1-2H3,(H,9,10). The van der Waals surface area contributed by atoms with E-state index in [2.05, 4.69) is 13.8 Å². The van der Waals surface area contributed by atoms with Crippen LogP contribution in [0.25, 0.3) is 0 Å². The van der Waals surface area contributed by atoms with Crippen molar-refractivity contribution in [2.24, 2.45) is 5.92 Å². The minimum atomic E-state index is -0.643. The van der Waals surface area contributed by atoms with Crippen LogP contribution < -0.4 is 0 Å². The number of ether oxygens (including phenoxy) is 1. The quantitative estimate of drug-likeness (QED) is 0.311. The Morgan fingerprint density at radius 1 is 0.833 bits per heavy atom. The van der Waals surface area contributed by atoms with Crippen LogP contribution in [-0.4, -0.2) is 23.7 Å². The van der Waals surface area contributed by atoms with Crippen molar-refractivity contribution in [3.8, 4) is 0 Å². The maximum atomic E-state index is 11.0. The van der Waals surface area contributed by atoms with E-state index in [1.54, 1.807) is 0 Å². The van der Waals surface area contributed by atoms with Gasteiger partial charge < -0.3 is 9.84 Å². The molecule has 0 saturated heterocycles. The van der Waals surface area contributed by atoms with E-state index in [4.69, 9.17) is 9.84 Å². The molecule has 0 aromatic heterocycles. The third kappa shape index (κ3) is 19.0. The summed E-state index contributed by atoms with van der Waals surface area (Å²) < 4.78 is 4.85. The van der Waals surface area contributed by atoms with Crippen molar-refractivity contribution in [1.82, 2.24) is 0 Å². The fourth-order valence-corrected chi connectivity index (χ4v) is 2.41. The summed E-state index contributed by atoms with van der Waals surface area (Å²) in [6.45, 7) is 8.59. The van der Waals surface area contributed by atoms with Crippen LogP contribution in [0.1, 0.15) is 105 Å². The fourth-order valence-electron chi connectivity index (χ4n) is 2.41. The zero-order chi connectivity index (χ0) is 18.6. The lowest BCUT2D eigenvalue weighted by Gasteiger charge is -2.06. The summed E-state index contributed by atoms with van der Waals surface area (Å²) in [5, 5.41) is 8.60. The maximum absolute atomic E-state index is 11.0. The van der Waals surface area contributed by atoms with E-state index in [1.807, 2.05) is 13.8 Å². The topological polar surface area (TPSA) is 63.6 Å². The van der Waals surface area contributed by atoms with E-state index >= 15 is 0 Å². The SMILES string of the molecule is CCCCC(CC)C(=O)O.CCCCCCCCCC(=O)OCC. The molecule has 0 fully saturated rings. The van der Waals surface area contributed by atoms with Gasteiger partial charge in [-0.25, -0.2) is 0 Å². The number of unbranched alkanes of at least 4 members (excludes halogenated alkanes) is 7. The van der Waals surface area contributed by atoms with Crippen LogP contribution in [0.5, 0.6) is 0 Å². The summed E-state index contributed by atoms with van der Waals surface area (Å²) in [6, 6.07) is 0. The molecule has 1 unspecified atom stereocenters. The number of hydrogen-bond donors (Lipinski definition) is 1. The van der Waals surface area contributed by atoms with Crippen LogP contribution in [0.15, 0.2) is 0 Å². The highest BCUT2D eigenvalue weighted by atomic mass is 16.5. The predicted molar refractivity (Wildman–Crippen MR) is 100 cm³/mol. The number of carboxylic acid groups (broad SMARTS) is 1. The Morgan fingerprint density at radius 3 is 1.83 bits per heavy atom. The van der Waals surface area contributed by atoms with Gasteiger partial charge >= 0.3 is 11.9 Å². The van der Waals surface area contributed by atoms with Crippen molar-refractivity contribution in [3.63, 3.8) is 0 Å². The van der Waals surface area contributed by atoms with E-state index in [1.165, 1.54) is 38.5 Å². The van der Waals surface area contributed by atoms with Crippen molar-refractivity contribution in [3.05, 3.63) is 0 Å². The molecular weight excluding hydrogens is 304 g/mol. The van der Waals surface area contributed by atoms with Crippen molar-refractivity contribution in [2.75, 3.05) is 6.61 Å². The average molecular weight is 345 g/mol. The molecule has 0 aliphatic carbocycles. The van der Waals surface area contributed by atoms with Gasteiger partial charge in [0.25, 0.3) is 0 Å². The van der Waals surface area contributed by atoms with Gasteiger partial charge in [0.1, 0.15) is 0 Å². The third-order valence-corrected chi connectivity index (χ3v) is 4.04. The molecule has 0 aromatic rings. The highest BCUT2D eigenvalue weighted by Crippen LogP contribution is 2.12. The number of carbonyl (C=O) groups is 2. The van der Waals surface area contributed by atoms with Crippen LogP contribution in [0.2, 0.25) is 0 Å². The number of aliphatic carboxylic acids is 1. The second-order valence-corrected chi connectivity index (χ2v) is 6.26. The molecule has 24 heavy (non-hydrogen) atoms. The minimum Gasteiger partial charge on any atom is -0.481 e. The van der Waals surface area contributed by atoms with Crippen molar-refractivity contribution < 1.29 is 19.4 Å². The van der Waals surface area contributed by atoms with Gasteiger partial charge in [-0.2, -0.15) is 0 Å². The summed E-state index contributed by atoms with van der Waals surface area (Å²) in [5.41, 5.74) is 0. The Hall–Kier alpha value is -1.06. The molecule has 0 amide bonds. The molecule has 0 aromatic carbocycles. The van der Waals surface area contributed by atoms with Crippen LogP contribution in [0.4, 0.5) is 0 Å². The second-order valence-electron chi connectivity index (χ2n) is 6.26. The van der Waals surface area contributed by atoms with Gasteiger partial charge in [-0.15, -0.1) is 0 Å². The molecule has 0 rings (SSSR count). The number of rotatable bonds is 14. The van der Waals surface area contributed by atoms with E-state index in [0.29, 0.717) is 13.0 Å². The van der Waals surface area contributed by atoms with Gasteiger partial charge in [-0.3, -0.25) is 9.59 Å². The smallest absolute Gasteiger partial charge is 0.306 e. The molecular formula is C20H40O4. The lowest BCUT2D eigenvalue weighted by atomic mass is 10.00. The first-order chi connectivity index (χ1) is 11.5. The molecule has 0 heterocycles. The minimum absolute atomic E-state index is 0.0407. The van der Waals surface area contributed by atoms with Gasteiger partial charge in [0.05, 0.1) is 12.5 Å². The highest BCUT2D eigenvalue weighted by Gasteiger charge is 2.12. The fraction of sp³-hybridized carbons (Fsp3) is 0.900. The first-order valence-electron chi connectivity index (χ1n) is 9.91. The zero-order valence-electron chi connectivity index (χ0n) is 16.4. The largest absolute Gasteiger partial charge is 0.481 e. The summed E-state index contributed by atoms with van der Waals surface area (Å²) in [6.07, 6.45) is 13.0. The van der Waals surface area contributed by atoms with E-state index in [9.17, 15) is 9.59 Å². The molecule has 144 valence electrons. The number of carbonyl (C=O) groups excluding carboxylic acids is 1. The Kier molecular flexibility index (Phi) is 21.0. The van der Waals surface area contributed by atoms with Gasteiger partial charge in [-0.05, 0) is 26.2 Å². The first kappa shape index (κ1) is 25.2. The summed E-state index contributed by atoms with van der Waals surface area (Å²) in [4.78, 5) is 21.4. The lowest BCUT2D eigenvalue weighted by molar-refractivity contribution is -0.143. The van der Waals surface area contributed by atoms with Gasteiger partial charge in [0.15, 0.2) is 0 Å². The normalized spacial score (nSPS) is 11.3. The molecule has 4 nitrogen and oxygen atoms in total. The number of carboxylic acids is 1. The predicted octanol–water partition coefficient (Wildman–Crippen LogP) is 5.98. The number of esters is 1. The van der Waals surface area contributed by atoms with E-state index < -0.39 is 5.97 Å². The Morgan fingerprint density at radius 2 is 1.38 bits per heavy atom. The van der Waals surface area contributed by atoms with Crippen molar-refractivity contribution in [1.29, 1.82) is 0 Å². The second kappa shape index (κ2) is 20.0. The molecule has 0 radical (unpaired) electrons. The van der Waals surface area contributed by atoms with E-state index in [0.717, 1.165) is 32.1 Å². The molecule has 1 N–H and O–H groups in total. The zero-order valence-corrected chi connectivity index (χ0v) is 16.4. The van der Waals surface area contributed by atoms with Crippen LogP contribution in [-0.2, 0) is 14.3 Å². The molecule has 0 spiro atoms. The maximum Gasteiger partial charge on any atom is 0.306 e. The summed E-state index contributed by atoms with van der Waals surface area (Å²) in [7, 11) is 0. The highest BCUT2D eigenvalue weighted by molar-refractivity contribution is 5.69. The summed E-state index contributed by atoms with van der Waals surface area (Å²) >= 11 is 0. The van der Waals surface area contributed by atoms with Crippen molar-refractivity contribution in [2.45, 2.75) is 105 Å². The monoisotopic (exact) mass is 344 g/mol.